The highest BCUT2D eigenvalue weighted by Crippen LogP contribution is 2.25. The summed E-state index contributed by atoms with van der Waals surface area (Å²) in [6.07, 6.45) is 0. The third-order valence-corrected chi connectivity index (χ3v) is 3.14. The molecule has 0 aromatic heterocycles. The molecule has 0 aliphatic carbocycles. The Labute approximate surface area is 107 Å². The molecule has 16 heavy (non-hydrogen) atoms. The van der Waals surface area contributed by atoms with E-state index in [0.717, 1.165) is 4.47 Å². The number of aliphatic hydroxyl groups is 1. The molecule has 1 aliphatic heterocycles. The first-order valence-electron chi connectivity index (χ1n) is 4.85. The third kappa shape index (κ3) is 2.39. The van der Waals surface area contributed by atoms with Crippen LogP contribution in [0.2, 0.25) is 5.02 Å². The summed E-state index contributed by atoms with van der Waals surface area (Å²) in [5.41, 5.74) is -0.208. The van der Waals surface area contributed by atoms with Crippen molar-refractivity contribution in [1.29, 1.82) is 0 Å². The number of likely N-dealkylation sites (tertiary alicyclic amines) is 1. The molecule has 1 heterocycles. The van der Waals surface area contributed by atoms with Crippen LogP contribution >= 0.6 is 27.5 Å². The summed E-state index contributed by atoms with van der Waals surface area (Å²) in [4.78, 5) is 13.5. The Hall–Kier alpha value is -0.580. The molecule has 1 saturated heterocycles. The topological polar surface area (TPSA) is 40.5 Å². The molecule has 3 nitrogen and oxygen atoms in total. The number of hydrogen-bond acceptors (Lipinski definition) is 2. The maximum atomic E-state index is 12.0. The lowest BCUT2D eigenvalue weighted by Gasteiger charge is -2.44. The van der Waals surface area contributed by atoms with E-state index in [1.807, 2.05) is 0 Å². The summed E-state index contributed by atoms with van der Waals surface area (Å²) in [5.74, 6) is -0.102. The lowest BCUT2D eigenvalue weighted by atomic mass is 9.96. The first kappa shape index (κ1) is 11.9. The monoisotopic (exact) mass is 303 g/mol. The average Bonchev–Trinajstić information content (AvgIpc) is 2.11. The molecule has 0 saturated carbocycles. The Balaban J connectivity index is 2.16. The molecule has 0 radical (unpaired) electrons. The van der Waals surface area contributed by atoms with Gasteiger partial charge in [0.25, 0.3) is 5.91 Å². The Morgan fingerprint density at radius 1 is 1.50 bits per heavy atom. The molecular formula is C11H11BrClNO2. The largest absolute Gasteiger partial charge is 0.386 e. The molecule has 0 bridgehead atoms. The van der Waals surface area contributed by atoms with Gasteiger partial charge in [0.2, 0.25) is 0 Å². The number of carbonyl (C=O) groups excluding carboxylic acids is 1. The molecule has 1 amide bonds. The minimum absolute atomic E-state index is 0.102. The van der Waals surface area contributed by atoms with E-state index < -0.39 is 5.60 Å². The Morgan fingerprint density at radius 2 is 2.12 bits per heavy atom. The Kier molecular flexibility index (Phi) is 2.99. The molecule has 2 rings (SSSR count). The summed E-state index contributed by atoms with van der Waals surface area (Å²) < 4.78 is 0.774. The SMILES string of the molecule is CC1(O)CN(C(=O)c2cc(Cl)cc(Br)c2)C1. The molecule has 1 fully saturated rings. The van der Waals surface area contributed by atoms with Crippen molar-refractivity contribution in [3.63, 3.8) is 0 Å². The van der Waals surface area contributed by atoms with Gasteiger partial charge in [0.15, 0.2) is 0 Å². The van der Waals surface area contributed by atoms with Gasteiger partial charge in [-0.25, -0.2) is 0 Å². The van der Waals surface area contributed by atoms with Crippen molar-refractivity contribution in [1.82, 2.24) is 4.90 Å². The number of benzene rings is 1. The zero-order valence-electron chi connectivity index (χ0n) is 8.70. The maximum absolute atomic E-state index is 12.0. The van der Waals surface area contributed by atoms with Gasteiger partial charge in [0, 0.05) is 15.1 Å². The minimum atomic E-state index is -0.745. The first-order chi connectivity index (χ1) is 7.37. The Morgan fingerprint density at radius 3 is 2.62 bits per heavy atom. The predicted molar refractivity (Wildman–Crippen MR) is 65.7 cm³/mol. The van der Waals surface area contributed by atoms with Gasteiger partial charge in [0.1, 0.15) is 0 Å². The fourth-order valence-electron chi connectivity index (χ4n) is 1.78. The van der Waals surface area contributed by atoms with Gasteiger partial charge in [-0.2, -0.15) is 0 Å². The molecule has 86 valence electrons. The van der Waals surface area contributed by atoms with Crippen molar-refractivity contribution < 1.29 is 9.90 Å². The summed E-state index contributed by atoms with van der Waals surface area (Å²) in [6, 6.07) is 5.08. The number of β-amino-alcohol motifs (C(OH)–C–C–N with tert-alkyl or cyclic N) is 1. The van der Waals surface area contributed by atoms with Crippen LogP contribution in [-0.4, -0.2) is 34.6 Å². The summed E-state index contributed by atoms with van der Waals surface area (Å²) >= 11 is 9.15. The van der Waals surface area contributed by atoms with Gasteiger partial charge < -0.3 is 10.0 Å². The van der Waals surface area contributed by atoms with Crippen LogP contribution < -0.4 is 0 Å². The number of rotatable bonds is 1. The number of carbonyl (C=O) groups is 1. The van der Waals surface area contributed by atoms with Crippen LogP contribution in [0.15, 0.2) is 22.7 Å². The standard InChI is InChI=1S/C11H11BrClNO2/c1-11(16)5-14(6-11)10(15)7-2-8(12)4-9(13)3-7/h2-4,16H,5-6H2,1H3. The fourth-order valence-corrected chi connectivity index (χ4v) is 2.64. The van der Waals surface area contributed by atoms with E-state index in [-0.39, 0.29) is 5.91 Å². The predicted octanol–water partition coefficient (Wildman–Crippen LogP) is 2.31. The Bertz CT molecular complexity index is 419. The van der Waals surface area contributed by atoms with E-state index in [1.165, 1.54) is 0 Å². The van der Waals surface area contributed by atoms with Gasteiger partial charge in [-0.05, 0) is 25.1 Å². The molecule has 1 aromatic rings. The van der Waals surface area contributed by atoms with Crippen molar-refractivity contribution in [2.75, 3.05) is 13.1 Å². The molecule has 0 spiro atoms. The first-order valence-corrected chi connectivity index (χ1v) is 6.02. The van der Waals surface area contributed by atoms with Crippen LogP contribution in [0.5, 0.6) is 0 Å². The highest BCUT2D eigenvalue weighted by Gasteiger charge is 2.39. The van der Waals surface area contributed by atoms with Crippen molar-refractivity contribution in [3.8, 4) is 0 Å². The molecule has 5 heteroatoms. The number of nitrogens with zero attached hydrogens (tertiary/aromatic N) is 1. The number of halogens is 2. The lowest BCUT2D eigenvalue weighted by Crippen LogP contribution is -2.61. The van der Waals surface area contributed by atoms with Gasteiger partial charge in [-0.3, -0.25) is 4.79 Å². The quantitative estimate of drug-likeness (QED) is 0.865. The molecule has 1 aliphatic rings. The van der Waals surface area contributed by atoms with Crippen LogP contribution in [-0.2, 0) is 0 Å². The smallest absolute Gasteiger partial charge is 0.254 e. The highest BCUT2D eigenvalue weighted by atomic mass is 79.9. The van der Waals surface area contributed by atoms with Crippen LogP contribution in [0.3, 0.4) is 0 Å². The van der Waals surface area contributed by atoms with E-state index in [1.54, 1.807) is 30.0 Å². The number of amides is 1. The van der Waals surface area contributed by atoms with E-state index >= 15 is 0 Å². The molecule has 1 N–H and O–H groups in total. The van der Waals surface area contributed by atoms with Crippen molar-refractivity contribution >= 4 is 33.4 Å². The normalized spacial score (nSPS) is 18.1. The average molecular weight is 305 g/mol. The zero-order valence-corrected chi connectivity index (χ0v) is 11.0. The highest BCUT2D eigenvalue weighted by molar-refractivity contribution is 9.10. The summed E-state index contributed by atoms with van der Waals surface area (Å²) in [6.45, 7) is 2.45. The molecule has 0 atom stereocenters. The molecule has 1 aromatic carbocycles. The minimum Gasteiger partial charge on any atom is -0.386 e. The van der Waals surface area contributed by atoms with Crippen LogP contribution in [0.1, 0.15) is 17.3 Å². The lowest BCUT2D eigenvalue weighted by molar-refractivity contribution is -0.0668. The third-order valence-electron chi connectivity index (χ3n) is 2.46. The second kappa shape index (κ2) is 4.02. The molecule has 0 unspecified atom stereocenters. The van der Waals surface area contributed by atoms with E-state index in [9.17, 15) is 9.90 Å². The second-order valence-electron chi connectivity index (χ2n) is 4.32. The van der Waals surface area contributed by atoms with E-state index in [4.69, 9.17) is 11.6 Å². The van der Waals surface area contributed by atoms with Crippen molar-refractivity contribution in [2.45, 2.75) is 12.5 Å². The fraction of sp³-hybridized carbons (Fsp3) is 0.364. The number of hydrogen-bond donors (Lipinski definition) is 1. The summed E-state index contributed by atoms with van der Waals surface area (Å²) in [7, 11) is 0. The van der Waals surface area contributed by atoms with Gasteiger partial charge in [0.05, 0.1) is 18.7 Å². The zero-order chi connectivity index (χ0) is 11.9. The van der Waals surface area contributed by atoms with Crippen LogP contribution in [0.25, 0.3) is 0 Å². The van der Waals surface area contributed by atoms with Gasteiger partial charge in [-0.1, -0.05) is 27.5 Å². The maximum Gasteiger partial charge on any atom is 0.254 e. The van der Waals surface area contributed by atoms with Crippen molar-refractivity contribution in [3.05, 3.63) is 33.3 Å². The van der Waals surface area contributed by atoms with E-state index in [0.29, 0.717) is 23.7 Å². The van der Waals surface area contributed by atoms with Crippen LogP contribution in [0.4, 0.5) is 0 Å². The van der Waals surface area contributed by atoms with Crippen molar-refractivity contribution in [2.24, 2.45) is 0 Å². The molecular weight excluding hydrogens is 293 g/mol. The summed E-state index contributed by atoms with van der Waals surface area (Å²) in [5, 5.41) is 10.1. The van der Waals surface area contributed by atoms with Gasteiger partial charge >= 0.3 is 0 Å². The van der Waals surface area contributed by atoms with Gasteiger partial charge in [-0.15, -0.1) is 0 Å². The van der Waals surface area contributed by atoms with E-state index in [2.05, 4.69) is 15.9 Å². The van der Waals surface area contributed by atoms with Crippen LogP contribution in [0, 0.1) is 0 Å². The second-order valence-corrected chi connectivity index (χ2v) is 5.67.